The average molecular weight is 265 g/mol. The van der Waals surface area contributed by atoms with Gasteiger partial charge in [0.1, 0.15) is 5.82 Å². The third-order valence-corrected chi connectivity index (χ3v) is 4.50. The third kappa shape index (κ3) is 2.79. The van der Waals surface area contributed by atoms with Crippen LogP contribution >= 0.6 is 0 Å². The number of hydrogen-bond acceptors (Lipinski definition) is 3. The van der Waals surface area contributed by atoms with Gasteiger partial charge in [-0.15, -0.1) is 0 Å². The van der Waals surface area contributed by atoms with Gasteiger partial charge in [0, 0.05) is 11.7 Å². The van der Waals surface area contributed by atoms with Gasteiger partial charge in [-0.25, -0.2) is 4.39 Å². The lowest BCUT2D eigenvalue weighted by Crippen LogP contribution is -2.54. The predicted octanol–water partition coefficient (Wildman–Crippen LogP) is 2.75. The summed E-state index contributed by atoms with van der Waals surface area (Å²) < 4.78 is 13.5. The molecule has 1 unspecified atom stereocenters. The molecular formula is C15H24FN3. The maximum absolute atomic E-state index is 13.5. The summed E-state index contributed by atoms with van der Waals surface area (Å²) in [6.45, 7) is 0. The Bertz CT molecular complexity index is 414. The molecule has 1 aromatic heterocycles. The standard InChI is InChI=1S/C15H24FN3/c1-17-14(12-9-13(16)11-18-10-12)15(19(2)3)7-5-4-6-8-15/h9-11,14,17H,4-8H2,1-3H3. The van der Waals surface area contributed by atoms with E-state index in [1.54, 1.807) is 12.3 Å². The van der Waals surface area contributed by atoms with Crippen LogP contribution in [0, 0.1) is 5.82 Å². The normalized spacial score (nSPS) is 20.5. The van der Waals surface area contributed by atoms with Crippen LogP contribution in [0.2, 0.25) is 0 Å². The van der Waals surface area contributed by atoms with Gasteiger partial charge in [-0.3, -0.25) is 4.98 Å². The van der Waals surface area contributed by atoms with E-state index >= 15 is 0 Å². The van der Waals surface area contributed by atoms with Crippen molar-refractivity contribution in [2.45, 2.75) is 43.7 Å². The summed E-state index contributed by atoms with van der Waals surface area (Å²) in [6, 6.07) is 1.72. The first-order chi connectivity index (χ1) is 9.10. The van der Waals surface area contributed by atoms with Crippen LogP contribution in [0.25, 0.3) is 0 Å². The molecule has 1 saturated carbocycles. The molecule has 0 aromatic carbocycles. The van der Waals surface area contributed by atoms with E-state index in [2.05, 4.69) is 29.3 Å². The van der Waals surface area contributed by atoms with Gasteiger partial charge in [0.2, 0.25) is 0 Å². The van der Waals surface area contributed by atoms with Crippen molar-refractivity contribution in [2.24, 2.45) is 0 Å². The van der Waals surface area contributed by atoms with E-state index in [1.807, 2.05) is 7.05 Å². The van der Waals surface area contributed by atoms with Crippen LogP contribution in [0.1, 0.15) is 43.7 Å². The van der Waals surface area contributed by atoms with Crippen molar-refractivity contribution in [1.82, 2.24) is 15.2 Å². The number of rotatable bonds is 4. The van der Waals surface area contributed by atoms with Crippen LogP contribution in [0.5, 0.6) is 0 Å². The Morgan fingerprint density at radius 3 is 2.47 bits per heavy atom. The summed E-state index contributed by atoms with van der Waals surface area (Å²) >= 11 is 0. The van der Waals surface area contributed by atoms with E-state index in [1.165, 1.54) is 25.5 Å². The molecule has 1 N–H and O–H groups in total. The van der Waals surface area contributed by atoms with E-state index in [0.717, 1.165) is 18.4 Å². The second-order valence-corrected chi connectivity index (χ2v) is 5.72. The monoisotopic (exact) mass is 265 g/mol. The first-order valence-electron chi connectivity index (χ1n) is 7.05. The molecule has 4 heteroatoms. The van der Waals surface area contributed by atoms with E-state index in [0.29, 0.717) is 0 Å². The molecule has 2 rings (SSSR count). The largest absolute Gasteiger partial charge is 0.311 e. The van der Waals surface area contributed by atoms with Gasteiger partial charge in [-0.2, -0.15) is 0 Å². The first kappa shape index (κ1) is 14.4. The highest BCUT2D eigenvalue weighted by molar-refractivity contribution is 5.21. The number of halogens is 1. The number of hydrogen-bond donors (Lipinski definition) is 1. The van der Waals surface area contributed by atoms with Crippen molar-refractivity contribution >= 4 is 0 Å². The van der Waals surface area contributed by atoms with Crippen LogP contribution in [-0.4, -0.2) is 36.6 Å². The Morgan fingerprint density at radius 2 is 1.95 bits per heavy atom. The molecule has 1 aliphatic carbocycles. The summed E-state index contributed by atoms with van der Waals surface area (Å²) in [4.78, 5) is 6.31. The highest BCUT2D eigenvalue weighted by atomic mass is 19.1. The zero-order valence-electron chi connectivity index (χ0n) is 12.1. The average Bonchev–Trinajstić information content (AvgIpc) is 2.40. The third-order valence-electron chi connectivity index (χ3n) is 4.50. The van der Waals surface area contributed by atoms with Gasteiger partial charge in [0.15, 0.2) is 0 Å². The van der Waals surface area contributed by atoms with Gasteiger partial charge >= 0.3 is 0 Å². The molecule has 1 atom stereocenters. The molecule has 3 nitrogen and oxygen atoms in total. The van der Waals surface area contributed by atoms with Crippen molar-refractivity contribution in [1.29, 1.82) is 0 Å². The lowest BCUT2D eigenvalue weighted by molar-refractivity contribution is 0.0592. The number of pyridine rings is 1. The summed E-state index contributed by atoms with van der Waals surface area (Å²) in [7, 11) is 6.21. The van der Waals surface area contributed by atoms with E-state index in [-0.39, 0.29) is 17.4 Å². The molecule has 1 fully saturated rings. The Morgan fingerprint density at radius 1 is 1.26 bits per heavy atom. The van der Waals surface area contributed by atoms with Crippen molar-refractivity contribution in [2.75, 3.05) is 21.1 Å². The van der Waals surface area contributed by atoms with Crippen LogP contribution in [0.15, 0.2) is 18.5 Å². The number of nitrogens with one attached hydrogen (secondary N) is 1. The first-order valence-corrected chi connectivity index (χ1v) is 7.05. The van der Waals surface area contributed by atoms with Crippen LogP contribution in [-0.2, 0) is 0 Å². The topological polar surface area (TPSA) is 28.2 Å². The van der Waals surface area contributed by atoms with Gasteiger partial charge in [0.05, 0.1) is 12.2 Å². The fourth-order valence-electron chi connectivity index (χ4n) is 3.49. The molecule has 1 aliphatic rings. The van der Waals surface area contributed by atoms with E-state index in [4.69, 9.17) is 0 Å². The maximum Gasteiger partial charge on any atom is 0.141 e. The number of aromatic nitrogens is 1. The number of nitrogens with zero attached hydrogens (tertiary/aromatic N) is 2. The fourth-order valence-corrected chi connectivity index (χ4v) is 3.49. The van der Waals surface area contributed by atoms with E-state index in [9.17, 15) is 4.39 Å². The molecule has 106 valence electrons. The van der Waals surface area contributed by atoms with Gasteiger partial charge < -0.3 is 10.2 Å². The Labute approximate surface area is 115 Å². The fraction of sp³-hybridized carbons (Fsp3) is 0.667. The molecule has 0 spiro atoms. The minimum absolute atomic E-state index is 0.0580. The van der Waals surface area contributed by atoms with Crippen LogP contribution in [0.4, 0.5) is 4.39 Å². The van der Waals surface area contributed by atoms with Gasteiger partial charge in [-0.05, 0) is 45.6 Å². The molecule has 19 heavy (non-hydrogen) atoms. The minimum atomic E-state index is -0.262. The second-order valence-electron chi connectivity index (χ2n) is 5.72. The maximum atomic E-state index is 13.5. The lowest BCUT2D eigenvalue weighted by atomic mass is 9.73. The van der Waals surface area contributed by atoms with Gasteiger partial charge in [0.25, 0.3) is 0 Å². The zero-order valence-corrected chi connectivity index (χ0v) is 12.1. The quantitative estimate of drug-likeness (QED) is 0.907. The lowest BCUT2D eigenvalue weighted by Gasteiger charge is -2.48. The highest BCUT2D eigenvalue weighted by Crippen LogP contribution is 2.41. The van der Waals surface area contributed by atoms with E-state index < -0.39 is 0 Å². The summed E-state index contributed by atoms with van der Waals surface area (Å²) in [5.74, 6) is -0.262. The Kier molecular flexibility index (Phi) is 4.53. The molecule has 0 radical (unpaired) electrons. The smallest absolute Gasteiger partial charge is 0.141 e. The highest BCUT2D eigenvalue weighted by Gasteiger charge is 2.41. The van der Waals surface area contributed by atoms with Crippen molar-refractivity contribution in [3.63, 3.8) is 0 Å². The molecule has 0 amide bonds. The zero-order chi connectivity index (χ0) is 13.9. The van der Waals surface area contributed by atoms with Crippen LogP contribution in [0.3, 0.4) is 0 Å². The van der Waals surface area contributed by atoms with Gasteiger partial charge in [-0.1, -0.05) is 19.3 Å². The predicted molar refractivity (Wildman–Crippen MR) is 75.5 cm³/mol. The van der Waals surface area contributed by atoms with Crippen molar-refractivity contribution in [3.05, 3.63) is 29.8 Å². The van der Waals surface area contributed by atoms with Crippen molar-refractivity contribution < 1.29 is 4.39 Å². The molecular weight excluding hydrogens is 241 g/mol. The molecule has 0 bridgehead atoms. The molecule has 1 heterocycles. The molecule has 0 aliphatic heterocycles. The Hall–Kier alpha value is -1.00. The van der Waals surface area contributed by atoms with Crippen LogP contribution < -0.4 is 5.32 Å². The minimum Gasteiger partial charge on any atom is -0.311 e. The van der Waals surface area contributed by atoms with Crippen molar-refractivity contribution in [3.8, 4) is 0 Å². The number of likely N-dealkylation sites (N-methyl/N-ethyl adjacent to an activating group) is 2. The Balaban J connectivity index is 2.37. The SMILES string of the molecule is CNC(c1cncc(F)c1)C1(N(C)C)CCCCC1. The summed E-state index contributed by atoms with van der Waals surface area (Å²) in [5, 5.41) is 3.39. The summed E-state index contributed by atoms with van der Waals surface area (Å²) in [5.41, 5.74) is 1.00. The molecule has 0 saturated heterocycles. The molecule has 1 aromatic rings. The summed E-state index contributed by atoms with van der Waals surface area (Å²) in [6.07, 6.45) is 9.10. The second kappa shape index (κ2) is 5.97.